The second-order valence-corrected chi connectivity index (χ2v) is 6.65. The van der Waals surface area contributed by atoms with Crippen molar-refractivity contribution in [3.05, 3.63) is 35.2 Å². The lowest BCUT2D eigenvalue weighted by Crippen LogP contribution is -2.13. The van der Waals surface area contributed by atoms with Crippen molar-refractivity contribution >= 4 is 45.0 Å². The first kappa shape index (κ1) is 16.4. The van der Waals surface area contributed by atoms with Crippen LogP contribution < -0.4 is 10.1 Å². The molecule has 3 aromatic rings. The molecule has 0 saturated heterocycles. The van der Waals surface area contributed by atoms with Crippen molar-refractivity contribution < 1.29 is 9.53 Å². The largest absolute Gasteiger partial charge is 0.494 e. The molecule has 0 bridgehead atoms. The summed E-state index contributed by atoms with van der Waals surface area (Å²) in [5.41, 5.74) is 2.17. The molecule has 0 spiro atoms. The number of imidazole rings is 1. The number of rotatable bonds is 6. The number of ether oxygens (including phenoxy) is 1. The van der Waals surface area contributed by atoms with E-state index in [1.54, 1.807) is 11.4 Å². The second-order valence-electron chi connectivity index (χ2n) is 4.77. The highest BCUT2D eigenvalue weighted by atomic mass is 32.2. The number of aromatic nitrogens is 2. The number of nitrogens with one attached hydrogen (secondary N) is 2. The van der Waals surface area contributed by atoms with E-state index >= 15 is 0 Å². The number of H-pyrrole nitrogens is 1. The molecule has 6 nitrogen and oxygen atoms in total. The summed E-state index contributed by atoms with van der Waals surface area (Å²) in [6.45, 7) is 2.54. The van der Waals surface area contributed by atoms with Crippen molar-refractivity contribution in [2.45, 2.75) is 12.1 Å². The van der Waals surface area contributed by atoms with Gasteiger partial charge >= 0.3 is 0 Å². The number of carbonyl (C=O) groups is 1. The van der Waals surface area contributed by atoms with Crippen LogP contribution in [-0.4, -0.2) is 28.2 Å². The van der Waals surface area contributed by atoms with E-state index < -0.39 is 0 Å². The number of benzene rings is 1. The zero-order valence-electron chi connectivity index (χ0n) is 12.8. The molecule has 0 unspecified atom stereocenters. The smallest absolute Gasteiger partial charge is 0.235 e. The third-order valence-corrected chi connectivity index (χ3v) is 4.82. The molecular weight excluding hydrogens is 344 g/mol. The number of thioether (sulfide) groups is 1. The molecule has 0 aliphatic rings. The Morgan fingerprint density at radius 3 is 3.17 bits per heavy atom. The summed E-state index contributed by atoms with van der Waals surface area (Å²) in [7, 11) is 0. The fraction of sp³-hybridized carbons (Fsp3) is 0.188. The van der Waals surface area contributed by atoms with Gasteiger partial charge in [0.1, 0.15) is 16.8 Å². The number of aromatic amines is 1. The summed E-state index contributed by atoms with van der Waals surface area (Å²) < 4.78 is 5.46. The minimum absolute atomic E-state index is 0.172. The molecule has 0 fully saturated rings. The summed E-state index contributed by atoms with van der Waals surface area (Å²) in [6.07, 6.45) is 0. The zero-order chi connectivity index (χ0) is 16.9. The summed E-state index contributed by atoms with van der Waals surface area (Å²) >= 11 is 2.64. The second kappa shape index (κ2) is 7.38. The van der Waals surface area contributed by atoms with Crippen molar-refractivity contribution in [1.82, 2.24) is 9.97 Å². The number of fused-ring (bicyclic) bond motifs is 1. The summed E-state index contributed by atoms with van der Waals surface area (Å²) in [5, 5.41) is 14.7. The van der Waals surface area contributed by atoms with Crippen LogP contribution in [0.4, 0.5) is 5.00 Å². The van der Waals surface area contributed by atoms with E-state index in [1.165, 1.54) is 23.1 Å². The molecule has 24 heavy (non-hydrogen) atoms. The number of hydrogen-bond acceptors (Lipinski definition) is 6. The van der Waals surface area contributed by atoms with Crippen molar-refractivity contribution in [2.75, 3.05) is 17.7 Å². The zero-order valence-corrected chi connectivity index (χ0v) is 14.5. The molecule has 3 rings (SSSR count). The molecule has 8 heteroatoms. The fourth-order valence-electron chi connectivity index (χ4n) is 2.08. The van der Waals surface area contributed by atoms with Gasteiger partial charge in [0.05, 0.1) is 29.0 Å². The Bertz CT molecular complexity index is 910. The number of amides is 1. The van der Waals surface area contributed by atoms with Crippen LogP contribution in [0.3, 0.4) is 0 Å². The lowest BCUT2D eigenvalue weighted by atomic mass is 10.3. The van der Waals surface area contributed by atoms with Crippen LogP contribution in [0.5, 0.6) is 5.75 Å². The van der Waals surface area contributed by atoms with Crippen molar-refractivity contribution in [2.24, 2.45) is 0 Å². The molecule has 2 heterocycles. The molecule has 0 radical (unpaired) electrons. The van der Waals surface area contributed by atoms with Gasteiger partial charge in [0.25, 0.3) is 0 Å². The molecule has 122 valence electrons. The Morgan fingerprint density at radius 2 is 2.38 bits per heavy atom. The van der Waals surface area contributed by atoms with Crippen LogP contribution in [0.25, 0.3) is 11.0 Å². The highest BCUT2D eigenvalue weighted by Crippen LogP contribution is 2.25. The fourth-order valence-corrected chi connectivity index (χ4v) is 3.52. The van der Waals surface area contributed by atoms with Gasteiger partial charge in [-0.1, -0.05) is 11.8 Å². The number of anilines is 1. The van der Waals surface area contributed by atoms with Crippen LogP contribution in [0.15, 0.2) is 34.8 Å². The molecule has 0 saturated carbocycles. The van der Waals surface area contributed by atoms with Crippen LogP contribution in [0.2, 0.25) is 0 Å². The van der Waals surface area contributed by atoms with Crippen LogP contribution >= 0.6 is 23.1 Å². The van der Waals surface area contributed by atoms with E-state index in [1.807, 2.05) is 31.2 Å². The van der Waals surface area contributed by atoms with Gasteiger partial charge in [0.2, 0.25) is 5.91 Å². The third kappa shape index (κ3) is 3.69. The van der Waals surface area contributed by atoms with E-state index in [0.717, 1.165) is 16.8 Å². The van der Waals surface area contributed by atoms with Crippen molar-refractivity contribution in [3.8, 4) is 11.8 Å². The Hall–Kier alpha value is -2.50. The minimum atomic E-state index is -0.172. The summed E-state index contributed by atoms with van der Waals surface area (Å²) in [4.78, 5) is 19.6. The predicted molar refractivity (Wildman–Crippen MR) is 95.7 cm³/mol. The van der Waals surface area contributed by atoms with Gasteiger partial charge in [-0.15, -0.1) is 11.3 Å². The number of carbonyl (C=O) groups excluding carboxylic acids is 1. The first-order chi connectivity index (χ1) is 11.7. The molecular formula is C16H14N4O2S2. The van der Waals surface area contributed by atoms with E-state index in [9.17, 15) is 4.79 Å². The van der Waals surface area contributed by atoms with Gasteiger partial charge in [-0.05, 0) is 30.5 Å². The van der Waals surface area contributed by atoms with Gasteiger partial charge < -0.3 is 15.0 Å². The first-order valence-corrected chi connectivity index (χ1v) is 9.09. The SMILES string of the molecule is CCOc1ccc2nc(SCC(=O)Nc3sccc3C#N)[nH]c2c1. The average molecular weight is 358 g/mol. The molecule has 1 aromatic carbocycles. The van der Waals surface area contributed by atoms with Gasteiger partial charge in [-0.2, -0.15) is 5.26 Å². The minimum Gasteiger partial charge on any atom is -0.494 e. The number of nitriles is 1. The maximum atomic E-state index is 12.0. The highest BCUT2D eigenvalue weighted by molar-refractivity contribution is 7.99. The van der Waals surface area contributed by atoms with Gasteiger partial charge in [-0.25, -0.2) is 4.98 Å². The van der Waals surface area contributed by atoms with Crippen LogP contribution in [0, 0.1) is 11.3 Å². The maximum absolute atomic E-state index is 12.0. The van der Waals surface area contributed by atoms with E-state index in [4.69, 9.17) is 10.00 Å². The number of thiophene rings is 1. The molecule has 1 amide bonds. The Balaban J connectivity index is 1.63. The van der Waals surface area contributed by atoms with E-state index in [0.29, 0.717) is 22.3 Å². The van der Waals surface area contributed by atoms with Gasteiger partial charge in [0, 0.05) is 6.07 Å². The molecule has 2 aromatic heterocycles. The lowest BCUT2D eigenvalue weighted by Gasteiger charge is -2.01. The van der Waals surface area contributed by atoms with Crippen LogP contribution in [0.1, 0.15) is 12.5 Å². The van der Waals surface area contributed by atoms with E-state index in [2.05, 4.69) is 15.3 Å². The Kier molecular flexibility index (Phi) is 5.03. The standard InChI is InChI=1S/C16H14N4O2S2/c1-2-22-11-3-4-12-13(7-11)19-16(18-12)24-9-14(21)20-15-10(8-17)5-6-23-15/h3-7H,2,9H2,1H3,(H,18,19)(H,20,21). The topological polar surface area (TPSA) is 90.8 Å². The van der Waals surface area contributed by atoms with Crippen LogP contribution in [-0.2, 0) is 4.79 Å². The summed E-state index contributed by atoms with van der Waals surface area (Å²) in [5.74, 6) is 0.819. The average Bonchev–Trinajstić information content (AvgIpc) is 3.18. The molecule has 0 aliphatic heterocycles. The van der Waals surface area contributed by atoms with Gasteiger partial charge in [0.15, 0.2) is 5.16 Å². The highest BCUT2D eigenvalue weighted by Gasteiger charge is 2.11. The number of hydrogen-bond donors (Lipinski definition) is 2. The molecule has 2 N–H and O–H groups in total. The van der Waals surface area contributed by atoms with Crippen molar-refractivity contribution in [3.63, 3.8) is 0 Å². The normalized spacial score (nSPS) is 10.5. The monoisotopic (exact) mass is 358 g/mol. The van der Waals surface area contributed by atoms with Gasteiger partial charge in [-0.3, -0.25) is 4.79 Å². The quantitative estimate of drug-likeness (QED) is 0.657. The first-order valence-electron chi connectivity index (χ1n) is 7.22. The molecule has 0 atom stereocenters. The third-order valence-electron chi connectivity index (χ3n) is 3.12. The van der Waals surface area contributed by atoms with Crippen molar-refractivity contribution in [1.29, 1.82) is 5.26 Å². The van der Waals surface area contributed by atoms with E-state index in [-0.39, 0.29) is 11.7 Å². The Morgan fingerprint density at radius 1 is 1.50 bits per heavy atom. The lowest BCUT2D eigenvalue weighted by molar-refractivity contribution is -0.113. The molecule has 0 aliphatic carbocycles. The number of nitrogens with zero attached hydrogens (tertiary/aromatic N) is 2. The predicted octanol–water partition coefficient (Wildman–Crippen LogP) is 3.63. The maximum Gasteiger partial charge on any atom is 0.235 e. The summed E-state index contributed by atoms with van der Waals surface area (Å²) in [6, 6.07) is 9.37. The Labute approximate surface area is 146 Å².